The predicted molar refractivity (Wildman–Crippen MR) is 72.9 cm³/mol. The SMILES string of the molecule is CCNC(=O)COc1ccc(NC(=O)[C@@H](C)N)cc1. The van der Waals surface area contributed by atoms with Crippen molar-refractivity contribution < 1.29 is 14.3 Å². The molecule has 6 heteroatoms. The smallest absolute Gasteiger partial charge is 0.257 e. The van der Waals surface area contributed by atoms with Crippen molar-refractivity contribution in [3.63, 3.8) is 0 Å². The third kappa shape index (κ3) is 5.39. The van der Waals surface area contributed by atoms with Gasteiger partial charge in [0.15, 0.2) is 6.61 Å². The van der Waals surface area contributed by atoms with Crippen LogP contribution in [0, 0.1) is 0 Å². The van der Waals surface area contributed by atoms with Crippen molar-refractivity contribution in [2.24, 2.45) is 5.73 Å². The summed E-state index contributed by atoms with van der Waals surface area (Å²) in [6.07, 6.45) is 0. The minimum atomic E-state index is -0.561. The topological polar surface area (TPSA) is 93.5 Å². The van der Waals surface area contributed by atoms with Crippen LogP contribution in [-0.2, 0) is 9.59 Å². The third-order valence-corrected chi connectivity index (χ3v) is 2.28. The second-order valence-electron chi connectivity index (χ2n) is 4.04. The molecule has 0 spiro atoms. The van der Waals surface area contributed by atoms with E-state index in [-0.39, 0.29) is 18.4 Å². The van der Waals surface area contributed by atoms with Crippen LogP contribution in [0.5, 0.6) is 5.75 Å². The molecule has 0 saturated heterocycles. The Bertz CT molecular complexity index is 429. The molecule has 0 aliphatic rings. The van der Waals surface area contributed by atoms with Gasteiger partial charge in [0.2, 0.25) is 5.91 Å². The number of nitrogens with one attached hydrogen (secondary N) is 2. The molecule has 0 aromatic heterocycles. The molecule has 0 radical (unpaired) electrons. The summed E-state index contributed by atoms with van der Waals surface area (Å²) in [7, 11) is 0. The Morgan fingerprint density at radius 2 is 1.95 bits per heavy atom. The van der Waals surface area contributed by atoms with Gasteiger partial charge in [-0.05, 0) is 38.1 Å². The van der Waals surface area contributed by atoms with Crippen molar-refractivity contribution in [3.05, 3.63) is 24.3 Å². The summed E-state index contributed by atoms with van der Waals surface area (Å²) in [5.74, 6) is 0.137. The van der Waals surface area contributed by atoms with Crippen LogP contribution in [0.3, 0.4) is 0 Å². The van der Waals surface area contributed by atoms with Gasteiger partial charge in [-0.1, -0.05) is 0 Å². The van der Waals surface area contributed by atoms with E-state index in [9.17, 15) is 9.59 Å². The van der Waals surface area contributed by atoms with Gasteiger partial charge in [-0.25, -0.2) is 0 Å². The number of amides is 2. The summed E-state index contributed by atoms with van der Waals surface area (Å²) in [6.45, 7) is 4.00. The predicted octanol–water partition coefficient (Wildman–Crippen LogP) is 0.487. The number of anilines is 1. The van der Waals surface area contributed by atoms with E-state index in [1.165, 1.54) is 0 Å². The monoisotopic (exact) mass is 265 g/mol. The minimum Gasteiger partial charge on any atom is -0.484 e. The van der Waals surface area contributed by atoms with E-state index in [1.807, 2.05) is 6.92 Å². The number of rotatable bonds is 6. The Labute approximate surface area is 112 Å². The van der Waals surface area contributed by atoms with Crippen molar-refractivity contribution in [2.75, 3.05) is 18.5 Å². The molecule has 4 N–H and O–H groups in total. The first-order chi connectivity index (χ1) is 9.02. The number of hydrogen-bond acceptors (Lipinski definition) is 4. The van der Waals surface area contributed by atoms with E-state index < -0.39 is 6.04 Å². The van der Waals surface area contributed by atoms with Crippen molar-refractivity contribution >= 4 is 17.5 Å². The largest absolute Gasteiger partial charge is 0.484 e. The lowest BCUT2D eigenvalue weighted by molar-refractivity contribution is -0.123. The van der Waals surface area contributed by atoms with E-state index in [0.29, 0.717) is 18.0 Å². The van der Waals surface area contributed by atoms with Crippen LogP contribution in [0.25, 0.3) is 0 Å². The Hall–Kier alpha value is -2.08. The van der Waals surface area contributed by atoms with Crippen LogP contribution in [0.4, 0.5) is 5.69 Å². The van der Waals surface area contributed by atoms with Gasteiger partial charge in [0.05, 0.1) is 6.04 Å². The molecule has 0 heterocycles. The lowest BCUT2D eigenvalue weighted by atomic mass is 10.2. The van der Waals surface area contributed by atoms with Gasteiger partial charge >= 0.3 is 0 Å². The maximum atomic E-state index is 11.4. The van der Waals surface area contributed by atoms with Gasteiger partial charge in [-0.2, -0.15) is 0 Å². The van der Waals surface area contributed by atoms with Crippen LogP contribution in [-0.4, -0.2) is 31.0 Å². The average molecular weight is 265 g/mol. The number of hydrogen-bond donors (Lipinski definition) is 3. The molecule has 0 aliphatic heterocycles. The standard InChI is InChI=1S/C13H19N3O3/c1-3-15-12(17)8-19-11-6-4-10(5-7-11)16-13(18)9(2)14/h4-7,9H,3,8,14H2,1-2H3,(H,15,17)(H,16,18)/t9-/m1/s1. The second-order valence-corrected chi connectivity index (χ2v) is 4.04. The highest BCUT2D eigenvalue weighted by atomic mass is 16.5. The summed E-state index contributed by atoms with van der Waals surface area (Å²) >= 11 is 0. The number of carbonyl (C=O) groups excluding carboxylic acids is 2. The lowest BCUT2D eigenvalue weighted by Gasteiger charge is -2.09. The molecule has 0 aliphatic carbocycles. The summed E-state index contributed by atoms with van der Waals surface area (Å²) in [5, 5.41) is 5.29. The lowest BCUT2D eigenvalue weighted by Crippen LogP contribution is -2.32. The quantitative estimate of drug-likeness (QED) is 0.697. The Morgan fingerprint density at radius 3 is 2.47 bits per heavy atom. The fourth-order valence-electron chi connectivity index (χ4n) is 1.29. The molecular weight excluding hydrogens is 246 g/mol. The summed E-state index contributed by atoms with van der Waals surface area (Å²) in [4.78, 5) is 22.6. The molecule has 0 bridgehead atoms. The van der Waals surface area contributed by atoms with Gasteiger partial charge in [0.25, 0.3) is 5.91 Å². The van der Waals surface area contributed by atoms with Crippen molar-refractivity contribution in [1.29, 1.82) is 0 Å². The molecule has 2 amide bonds. The first-order valence-electron chi connectivity index (χ1n) is 6.09. The molecule has 6 nitrogen and oxygen atoms in total. The molecular formula is C13H19N3O3. The minimum absolute atomic E-state index is 0.0284. The molecule has 1 atom stereocenters. The molecule has 1 aromatic carbocycles. The summed E-state index contributed by atoms with van der Waals surface area (Å²) < 4.78 is 5.28. The molecule has 0 fully saturated rings. The Kier molecular flexibility index (Phi) is 5.81. The number of carbonyl (C=O) groups is 2. The van der Waals surface area contributed by atoms with E-state index in [0.717, 1.165) is 0 Å². The Balaban J connectivity index is 2.47. The third-order valence-electron chi connectivity index (χ3n) is 2.28. The second kappa shape index (κ2) is 7.38. The van der Waals surface area contributed by atoms with Gasteiger partial charge in [-0.3, -0.25) is 9.59 Å². The van der Waals surface area contributed by atoms with E-state index in [2.05, 4.69) is 10.6 Å². The zero-order valence-electron chi connectivity index (χ0n) is 11.1. The van der Waals surface area contributed by atoms with Gasteiger partial charge < -0.3 is 21.1 Å². The number of ether oxygens (including phenoxy) is 1. The maximum absolute atomic E-state index is 11.4. The van der Waals surface area contributed by atoms with Crippen LogP contribution < -0.4 is 21.1 Å². The highest BCUT2D eigenvalue weighted by Crippen LogP contribution is 2.15. The Morgan fingerprint density at radius 1 is 1.32 bits per heavy atom. The van der Waals surface area contributed by atoms with E-state index in [4.69, 9.17) is 10.5 Å². The first kappa shape index (κ1) is 15.0. The fourth-order valence-corrected chi connectivity index (χ4v) is 1.29. The van der Waals surface area contributed by atoms with E-state index >= 15 is 0 Å². The highest BCUT2D eigenvalue weighted by molar-refractivity contribution is 5.94. The molecule has 104 valence electrons. The normalized spacial score (nSPS) is 11.5. The van der Waals surface area contributed by atoms with Gasteiger partial charge in [-0.15, -0.1) is 0 Å². The molecule has 1 aromatic rings. The van der Waals surface area contributed by atoms with E-state index in [1.54, 1.807) is 31.2 Å². The fraction of sp³-hybridized carbons (Fsp3) is 0.385. The molecule has 0 unspecified atom stereocenters. The van der Waals surface area contributed by atoms with Crippen molar-refractivity contribution in [1.82, 2.24) is 5.32 Å². The zero-order valence-corrected chi connectivity index (χ0v) is 11.1. The van der Waals surface area contributed by atoms with Crippen LogP contribution >= 0.6 is 0 Å². The van der Waals surface area contributed by atoms with Crippen molar-refractivity contribution in [3.8, 4) is 5.75 Å². The highest BCUT2D eigenvalue weighted by Gasteiger charge is 2.07. The maximum Gasteiger partial charge on any atom is 0.257 e. The molecule has 19 heavy (non-hydrogen) atoms. The van der Waals surface area contributed by atoms with Gasteiger partial charge in [0.1, 0.15) is 5.75 Å². The van der Waals surface area contributed by atoms with Crippen LogP contribution in [0.1, 0.15) is 13.8 Å². The van der Waals surface area contributed by atoms with Crippen molar-refractivity contribution in [2.45, 2.75) is 19.9 Å². The molecule has 1 rings (SSSR count). The first-order valence-corrected chi connectivity index (χ1v) is 6.09. The van der Waals surface area contributed by atoms with Crippen LogP contribution in [0.2, 0.25) is 0 Å². The number of nitrogens with two attached hydrogens (primary N) is 1. The average Bonchev–Trinajstić information content (AvgIpc) is 2.38. The van der Waals surface area contributed by atoms with Crippen LogP contribution in [0.15, 0.2) is 24.3 Å². The zero-order chi connectivity index (χ0) is 14.3. The number of benzene rings is 1. The summed E-state index contributed by atoms with van der Waals surface area (Å²) in [5.41, 5.74) is 6.07. The number of likely N-dealkylation sites (N-methyl/N-ethyl adjacent to an activating group) is 1. The summed E-state index contributed by atoms with van der Waals surface area (Å²) in [6, 6.07) is 6.17. The van der Waals surface area contributed by atoms with Gasteiger partial charge in [0, 0.05) is 12.2 Å². The molecule has 0 saturated carbocycles.